The van der Waals surface area contributed by atoms with E-state index >= 15 is 0 Å². The molecule has 0 saturated carbocycles. The van der Waals surface area contributed by atoms with Crippen LogP contribution < -0.4 is 16.0 Å². The molecule has 4 aromatic rings. The largest absolute Gasteiger partial charge is 0.467 e. The number of methoxy groups -OCH3 is 1. The summed E-state index contributed by atoms with van der Waals surface area (Å²) in [7, 11) is 1.23. The molecule has 13 nitrogen and oxygen atoms in total. The molecule has 5 rings (SSSR count). The van der Waals surface area contributed by atoms with Crippen molar-refractivity contribution in [3.8, 4) is 0 Å². The van der Waals surface area contributed by atoms with Gasteiger partial charge in [-0.15, -0.1) is 0 Å². The maximum absolute atomic E-state index is 14.1. The average Bonchev–Trinajstić information content (AvgIpc) is 3.24. The second-order valence-corrected chi connectivity index (χ2v) is 13.6. The molecule has 57 heavy (non-hydrogen) atoms. The van der Waals surface area contributed by atoms with Gasteiger partial charge in [0.1, 0.15) is 31.0 Å². The molecule has 0 spiro atoms. The summed E-state index contributed by atoms with van der Waals surface area (Å²) in [5, 5.41) is 8.35. The summed E-state index contributed by atoms with van der Waals surface area (Å²) < 4.78 is 36.0. The van der Waals surface area contributed by atoms with Crippen LogP contribution in [0.4, 0.5) is 4.79 Å². The van der Waals surface area contributed by atoms with Crippen LogP contribution in [0.15, 0.2) is 121 Å². The molecule has 0 aliphatic carbocycles. The molecule has 1 aliphatic heterocycles. The molecule has 1 aliphatic rings. The van der Waals surface area contributed by atoms with E-state index in [1.807, 2.05) is 121 Å². The van der Waals surface area contributed by atoms with Crippen molar-refractivity contribution in [2.75, 3.05) is 20.3 Å². The molecule has 1 heterocycles. The Balaban J connectivity index is 1.30. The topological polar surface area (TPSA) is 160 Å². The molecule has 0 aromatic heterocycles. The third-order valence-corrected chi connectivity index (χ3v) is 9.24. The first kappa shape index (κ1) is 42.5. The number of amides is 3. The molecule has 0 radical (unpaired) electrons. The predicted octanol–water partition coefficient (Wildman–Crippen LogP) is 5.01. The zero-order valence-corrected chi connectivity index (χ0v) is 32.3. The second kappa shape index (κ2) is 22.8. The van der Waals surface area contributed by atoms with Crippen LogP contribution in [0.3, 0.4) is 0 Å². The van der Waals surface area contributed by atoms with Gasteiger partial charge in [0.25, 0.3) is 5.91 Å². The fourth-order valence-electron chi connectivity index (χ4n) is 6.41. The number of alkyl carbamates (subject to hydrolysis) is 1. The number of ether oxygens (including phenoxy) is 6. The van der Waals surface area contributed by atoms with E-state index in [4.69, 9.17) is 28.4 Å². The Kier molecular flexibility index (Phi) is 17.0. The van der Waals surface area contributed by atoms with Gasteiger partial charge in [-0.2, -0.15) is 0 Å². The van der Waals surface area contributed by atoms with Gasteiger partial charge < -0.3 is 44.4 Å². The Morgan fingerprint density at radius 3 is 1.72 bits per heavy atom. The molecular weight excluding hydrogens is 730 g/mol. The Morgan fingerprint density at radius 1 is 0.684 bits per heavy atom. The molecule has 1 fully saturated rings. The zero-order chi connectivity index (χ0) is 40.2. The van der Waals surface area contributed by atoms with E-state index in [2.05, 4.69) is 16.0 Å². The molecule has 3 N–H and O–H groups in total. The van der Waals surface area contributed by atoms with E-state index in [1.165, 1.54) is 14.0 Å². The fraction of sp³-hybridized carbons (Fsp3) is 0.364. The van der Waals surface area contributed by atoms with Gasteiger partial charge in [-0.25, -0.2) is 9.59 Å². The summed E-state index contributed by atoms with van der Waals surface area (Å²) >= 11 is 0. The molecule has 13 heteroatoms. The number of carbonyl (C=O) groups is 4. The third-order valence-electron chi connectivity index (χ3n) is 9.24. The van der Waals surface area contributed by atoms with Crippen molar-refractivity contribution < 1.29 is 47.6 Å². The number of hydrogen-bond donors (Lipinski definition) is 3. The average molecular weight is 782 g/mol. The van der Waals surface area contributed by atoms with Crippen molar-refractivity contribution in [3.63, 3.8) is 0 Å². The molecule has 1 saturated heterocycles. The SMILES string of the molecule is COC(=O)[C@H](CCCNC(=O)[C@@H]1O[C@H](COCc2ccccc2)[C@@H](OCc2ccccc2)[C@H](OCc2ccccc2)[C@H]1NC(C)=O)NC(=O)OCc1ccccc1. The molecular formula is C44H51N3O10. The smallest absolute Gasteiger partial charge is 0.408 e. The summed E-state index contributed by atoms with van der Waals surface area (Å²) in [6.45, 7) is 2.25. The maximum atomic E-state index is 14.1. The summed E-state index contributed by atoms with van der Waals surface area (Å²) in [6.07, 6.45) is -3.96. The molecule has 4 aromatic carbocycles. The number of carbonyl (C=O) groups excluding carboxylic acids is 4. The third kappa shape index (κ3) is 13.8. The fourth-order valence-corrected chi connectivity index (χ4v) is 6.41. The number of esters is 1. The quantitative estimate of drug-likeness (QED) is 0.0822. The highest BCUT2D eigenvalue weighted by Gasteiger charge is 2.50. The number of hydrogen-bond acceptors (Lipinski definition) is 10. The molecule has 3 amide bonds. The van der Waals surface area contributed by atoms with Crippen LogP contribution in [0.2, 0.25) is 0 Å². The van der Waals surface area contributed by atoms with Gasteiger partial charge in [-0.3, -0.25) is 9.59 Å². The van der Waals surface area contributed by atoms with Crippen LogP contribution in [-0.2, 0) is 69.2 Å². The van der Waals surface area contributed by atoms with Gasteiger partial charge in [0.15, 0.2) is 6.10 Å². The lowest BCUT2D eigenvalue weighted by Crippen LogP contribution is -2.68. The normalized spacial score (nSPS) is 19.4. The Morgan fingerprint density at radius 2 is 1.19 bits per heavy atom. The van der Waals surface area contributed by atoms with Crippen LogP contribution in [-0.4, -0.2) is 80.6 Å². The Hall–Kier alpha value is -5.60. The highest BCUT2D eigenvalue weighted by molar-refractivity contribution is 5.83. The van der Waals surface area contributed by atoms with Crippen molar-refractivity contribution in [3.05, 3.63) is 144 Å². The lowest BCUT2D eigenvalue weighted by atomic mass is 9.91. The van der Waals surface area contributed by atoms with Gasteiger partial charge in [-0.05, 0) is 35.1 Å². The first-order valence-corrected chi connectivity index (χ1v) is 19.0. The van der Waals surface area contributed by atoms with E-state index < -0.39 is 54.5 Å². The molecule has 0 bridgehead atoms. The van der Waals surface area contributed by atoms with Crippen LogP contribution >= 0.6 is 0 Å². The zero-order valence-electron chi connectivity index (χ0n) is 32.3. The Labute approximate surface area is 333 Å². The number of benzene rings is 4. The summed E-state index contributed by atoms with van der Waals surface area (Å²) in [4.78, 5) is 51.9. The number of rotatable bonds is 20. The van der Waals surface area contributed by atoms with E-state index in [0.717, 1.165) is 22.3 Å². The molecule has 302 valence electrons. The van der Waals surface area contributed by atoms with Gasteiger partial charge in [-0.1, -0.05) is 121 Å². The minimum atomic E-state index is -1.21. The minimum absolute atomic E-state index is 0.0278. The maximum Gasteiger partial charge on any atom is 0.408 e. The van der Waals surface area contributed by atoms with E-state index in [1.54, 1.807) is 0 Å². The predicted molar refractivity (Wildman–Crippen MR) is 210 cm³/mol. The van der Waals surface area contributed by atoms with Gasteiger partial charge in [0.2, 0.25) is 5.91 Å². The van der Waals surface area contributed by atoms with Crippen LogP contribution in [0.1, 0.15) is 42.0 Å². The summed E-state index contributed by atoms with van der Waals surface area (Å²) in [6, 6.07) is 36.1. The highest BCUT2D eigenvalue weighted by atomic mass is 16.6. The first-order valence-electron chi connectivity index (χ1n) is 19.0. The second-order valence-electron chi connectivity index (χ2n) is 13.6. The van der Waals surface area contributed by atoms with E-state index in [0.29, 0.717) is 6.61 Å². The monoisotopic (exact) mass is 781 g/mol. The number of nitrogens with one attached hydrogen (secondary N) is 3. The van der Waals surface area contributed by atoms with E-state index in [-0.39, 0.29) is 51.7 Å². The van der Waals surface area contributed by atoms with E-state index in [9.17, 15) is 19.2 Å². The lowest BCUT2D eigenvalue weighted by Gasteiger charge is -2.46. The Bertz CT molecular complexity index is 1820. The van der Waals surface area contributed by atoms with Crippen molar-refractivity contribution >= 4 is 23.9 Å². The standard InChI is InChI=1S/C44H51N3O10/c1-31(48)46-38-40(55-28-34-20-11-5-12-21-34)39(54-27-33-18-9-4-10-19-33)37(30-53-26-32-16-7-3-8-17-32)57-41(38)42(49)45-25-15-24-36(43(50)52-2)47-44(51)56-29-35-22-13-6-14-23-35/h3-14,16-23,36-41H,15,24-30H2,1-2H3,(H,45,49)(H,46,48)(H,47,51)/t36-,37+,38+,39+,40+,41+/m0/s1. The van der Waals surface area contributed by atoms with Crippen molar-refractivity contribution in [1.29, 1.82) is 0 Å². The minimum Gasteiger partial charge on any atom is -0.467 e. The van der Waals surface area contributed by atoms with Gasteiger partial charge in [0, 0.05) is 13.5 Å². The van der Waals surface area contributed by atoms with Crippen molar-refractivity contribution in [2.24, 2.45) is 0 Å². The van der Waals surface area contributed by atoms with Crippen LogP contribution in [0.25, 0.3) is 0 Å². The van der Waals surface area contributed by atoms with Crippen molar-refractivity contribution in [1.82, 2.24) is 16.0 Å². The molecule has 0 unspecified atom stereocenters. The van der Waals surface area contributed by atoms with Crippen LogP contribution in [0.5, 0.6) is 0 Å². The van der Waals surface area contributed by atoms with Crippen LogP contribution in [0, 0.1) is 0 Å². The van der Waals surface area contributed by atoms with Crippen molar-refractivity contribution in [2.45, 2.75) is 82.7 Å². The summed E-state index contributed by atoms with van der Waals surface area (Å²) in [5.41, 5.74) is 3.56. The first-order chi connectivity index (χ1) is 27.8. The highest BCUT2D eigenvalue weighted by Crippen LogP contribution is 2.29. The summed E-state index contributed by atoms with van der Waals surface area (Å²) in [5.74, 6) is -1.56. The molecule has 6 atom stereocenters. The van der Waals surface area contributed by atoms with Gasteiger partial charge >= 0.3 is 12.1 Å². The van der Waals surface area contributed by atoms with Gasteiger partial charge in [0.05, 0.1) is 39.6 Å². The lowest BCUT2D eigenvalue weighted by molar-refractivity contribution is -0.230.